The minimum Gasteiger partial charge on any atom is -0.483 e. The number of anilines is 3. The number of fused-ring (bicyclic) bond motifs is 1. The molecule has 2 N–H and O–H groups in total. The van der Waals surface area contributed by atoms with Crippen LogP contribution in [0.3, 0.4) is 0 Å². The zero-order chi connectivity index (χ0) is 24.8. The van der Waals surface area contributed by atoms with E-state index in [1.165, 1.54) is 35.2 Å². The van der Waals surface area contributed by atoms with Crippen molar-refractivity contribution in [3.05, 3.63) is 84.2 Å². The molecule has 178 valence electrons. The summed E-state index contributed by atoms with van der Waals surface area (Å²) < 4.78 is 24.3. The van der Waals surface area contributed by atoms with Crippen molar-refractivity contribution in [2.75, 3.05) is 35.3 Å². The third-order valence-corrected chi connectivity index (χ3v) is 5.01. The molecule has 3 aromatic carbocycles. The molecule has 9 nitrogen and oxygen atoms in total. The molecule has 1 aliphatic heterocycles. The van der Waals surface area contributed by atoms with Crippen LogP contribution in [0, 0.1) is 5.82 Å². The summed E-state index contributed by atoms with van der Waals surface area (Å²) in [4.78, 5) is 50.6. The van der Waals surface area contributed by atoms with Crippen LogP contribution in [0.25, 0.3) is 0 Å². The summed E-state index contributed by atoms with van der Waals surface area (Å²) in [6, 6.07) is 18.5. The number of benzene rings is 3. The lowest BCUT2D eigenvalue weighted by Crippen LogP contribution is -2.44. The van der Waals surface area contributed by atoms with Crippen LogP contribution < -0.4 is 20.3 Å². The number of carbonyl (C=O) groups excluding carboxylic acids is 4. The maximum absolute atomic E-state index is 13.7. The largest absolute Gasteiger partial charge is 0.483 e. The first-order valence-electron chi connectivity index (χ1n) is 10.5. The van der Waals surface area contributed by atoms with E-state index < -0.39 is 36.8 Å². The summed E-state index contributed by atoms with van der Waals surface area (Å²) in [6.07, 6.45) is 0. The topological polar surface area (TPSA) is 114 Å². The smallest absolute Gasteiger partial charge is 0.342 e. The monoisotopic (exact) mass is 477 g/mol. The van der Waals surface area contributed by atoms with Crippen molar-refractivity contribution < 1.29 is 33.0 Å². The van der Waals surface area contributed by atoms with E-state index in [-0.39, 0.29) is 29.5 Å². The number of ether oxygens (including phenoxy) is 2. The lowest BCUT2D eigenvalue weighted by Gasteiger charge is -2.28. The number of amides is 3. The number of halogens is 1. The predicted octanol–water partition coefficient (Wildman–Crippen LogP) is 2.99. The molecule has 0 saturated carbocycles. The Balaban J connectivity index is 1.37. The molecule has 0 radical (unpaired) electrons. The van der Waals surface area contributed by atoms with E-state index in [1.807, 2.05) is 0 Å². The minimum atomic E-state index is -0.849. The number of esters is 1. The zero-order valence-electron chi connectivity index (χ0n) is 18.3. The average molecular weight is 477 g/mol. The molecule has 0 bridgehead atoms. The molecule has 0 spiro atoms. The summed E-state index contributed by atoms with van der Waals surface area (Å²) in [5.74, 6) is -2.97. The molecule has 1 heterocycles. The molecule has 1 aliphatic rings. The molecule has 3 amide bonds. The number of nitrogens with zero attached hydrogens (tertiary/aromatic N) is 1. The van der Waals surface area contributed by atoms with Crippen LogP contribution in [0.2, 0.25) is 0 Å². The first-order valence-corrected chi connectivity index (χ1v) is 10.5. The second kappa shape index (κ2) is 10.5. The van der Waals surface area contributed by atoms with Gasteiger partial charge in [0.05, 0.1) is 17.1 Å². The van der Waals surface area contributed by atoms with Gasteiger partial charge in [-0.1, -0.05) is 36.4 Å². The summed E-state index contributed by atoms with van der Waals surface area (Å²) in [5, 5.41) is 5.05. The van der Waals surface area contributed by atoms with Crippen LogP contribution in [0.1, 0.15) is 10.4 Å². The zero-order valence-corrected chi connectivity index (χ0v) is 18.3. The van der Waals surface area contributed by atoms with Gasteiger partial charge in [0.2, 0.25) is 5.91 Å². The van der Waals surface area contributed by atoms with Crippen molar-refractivity contribution >= 4 is 40.8 Å². The Morgan fingerprint density at radius 2 is 1.66 bits per heavy atom. The van der Waals surface area contributed by atoms with E-state index >= 15 is 0 Å². The third-order valence-electron chi connectivity index (χ3n) is 5.01. The summed E-state index contributed by atoms with van der Waals surface area (Å²) in [6.45, 7) is -1.30. The fraction of sp³-hybridized carbons (Fsp3) is 0.120. The highest BCUT2D eigenvalue weighted by Crippen LogP contribution is 2.29. The van der Waals surface area contributed by atoms with Gasteiger partial charge in [0, 0.05) is 0 Å². The Morgan fingerprint density at radius 3 is 2.49 bits per heavy atom. The van der Waals surface area contributed by atoms with E-state index in [0.29, 0.717) is 11.4 Å². The van der Waals surface area contributed by atoms with Crippen molar-refractivity contribution in [2.24, 2.45) is 0 Å². The van der Waals surface area contributed by atoms with E-state index in [9.17, 15) is 23.6 Å². The van der Waals surface area contributed by atoms with E-state index in [1.54, 1.807) is 42.5 Å². The molecule has 35 heavy (non-hydrogen) atoms. The van der Waals surface area contributed by atoms with Crippen LogP contribution in [0.5, 0.6) is 5.75 Å². The van der Waals surface area contributed by atoms with Crippen LogP contribution in [0.4, 0.5) is 21.5 Å². The van der Waals surface area contributed by atoms with Gasteiger partial charge in [0.25, 0.3) is 11.8 Å². The van der Waals surface area contributed by atoms with Crippen LogP contribution in [0.15, 0.2) is 72.8 Å². The molecule has 4 rings (SSSR count). The average Bonchev–Trinajstić information content (AvgIpc) is 2.87. The van der Waals surface area contributed by atoms with E-state index in [2.05, 4.69) is 10.6 Å². The van der Waals surface area contributed by atoms with Gasteiger partial charge in [-0.3, -0.25) is 19.3 Å². The highest BCUT2D eigenvalue weighted by Gasteiger charge is 2.27. The molecule has 0 aromatic heterocycles. The third kappa shape index (κ3) is 5.61. The quantitative estimate of drug-likeness (QED) is 0.506. The van der Waals surface area contributed by atoms with Gasteiger partial charge in [-0.25, -0.2) is 9.18 Å². The molecule has 0 saturated heterocycles. The second-order valence-electron chi connectivity index (χ2n) is 7.43. The lowest BCUT2D eigenvalue weighted by atomic mass is 10.2. The first kappa shape index (κ1) is 23.4. The van der Waals surface area contributed by atoms with Gasteiger partial charge in [0.15, 0.2) is 13.2 Å². The van der Waals surface area contributed by atoms with Gasteiger partial charge in [0.1, 0.15) is 23.7 Å². The van der Waals surface area contributed by atoms with Gasteiger partial charge in [-0.2, -0.15) is 0 Å². The van der Waals surface area contributed by atoms with Crippen LogP contribution in [-0.4, -0.2) is 43.4 Å². The van der Waals surface area contributed by atoms with E-state index in [0.717, 1.165) is 0 Å². The molecular weight excluding hydrogens is 457 g/mol. The fourth-order valence-corrected chi connectivity index (χ4v) is 3.39. The molecule has 10 heteroatoms. The van der Waals surface area contributed by atoms with Crippen molar-refractivity contribution in [2.45, 2.75) is 0 Å². The summed E-state index contributed by atoms with van der Waals surface area (Å²) in [5.41, 5.74) is 0.977. The van der Waals surface area contributed by atoms with Gasteiger partial charge >= 0.3 is 5.97 Å². The Bertz CT molecular complexity index is 1300. The van der Waals surface area contributed by atoms with Crippen LogP contribution >= 0.6 is 0 Å². The number of hydrogen-bond donors (Lipinski definition) is 2. The molecular formula is C25H20FN3O6. The van der Waals surface area contributed by atoms with Gasteiger partial charge in [-0.15, -0.1) is 0 Å². The van der Waals surface area contributed by atoms with Crippen molar-refractivity contribution in [3.63, 3.8) is 0 Å². The highest BCUT2D eigenvalue weighted by atomic mass is 19.1. The lowest BCUT2D eigenvalue weighted by molar-refractivity contribution is -0.124. The number of nitrogens with one attached hydrogen (secondary N) is 2. The maximum atomic E-state index is 13.7. The Kier molecular flexibility index (Phi) is 7.01. The maximum Gasteiger partial charge on any atom is 0.342 e. The summed E-state index contributed by atoms with van der Waals surface area (Å²) >= 11 is 0. The summed E-state index contributed by atoms with van der Waals surface area (Å²) in [7, 11) is 0. The van der Waals surface area contributed by atoms with Gasteiger partial charge in [-0.05, 0) is 36.4 Å². The van der Waals surface area contributed by atoms with Crippen molar-refractivity contribution in [1.82, 2.24) is 0 Å². The fourth-order valence-electron chi connectivity index (χ4n) is 3.39. The standard InChI is InChI=1S/C25H20FN3O6/c26-17-8-2-3-9-18(17)27-23(31)14-34-21-12-6-1-7-16(21)25(33)35-15-24(32)29-13-22(30)28-19-10-4-5-11-20(19)29/h1-12H,13-15H2,(H,27,31)(H,28,30). The number of para-hydroxylation sites is 4. The normalized spacial score (nSPS) is 12.3. The number of rotatable bonds is 7. The Labute approximate surface area is 199 Å². The molecule has 0 atom stereocenters. The molecule has 0 unspecified atom stereocenters. The Hall–Kier alpha value is -4.73. The second-order valence-corrected chi connectivity index (χ2v) is 7.43. The molecule has 0 aliphatic carbocycles. The molecule has 3 aromatic rings. The number of carbonyl (C=O) groups is 4. The van der Waals surface area contributed by atoms with Gasteiger partial charge < -0.3 is 20.1 Å². The first-order chi connectivity index (χ1) is 16.9. The van der Waals surface area contributed by atoms with E-state index in [4.69, 9.17) is 9.47 Å². The SMILES string of the molecule is O=C(COc1ccccc1C(=O)OCC(=O)N1CC(=O)Nc2ccccc21)Nc1ccccc1F. The van der Waals surface area contributed by atoms with Crippen LogP contribution in [-0.2, 0) is 19.1 Å². The predicted molar refractivity (Wildman–Crippen MR) is 125 cm³/mol. The minimum absolute atomic E-state index is 0.000255. The molecule has 0 fully saturated rings. The Morgan fingerprint density at radius 1 is 0.943 bits per heavy atom. The highest BCUT2D eigenvalue weighted by molar-refractivity contribution is 6.10. The van der Waals surface area contributed by atoms with Crippen molar-refractivity contribution in [3.8, 4) is 5.75 Å². The van der Waals surface area contributed by atoms with Crippen molar-refractivity contribution in [1.29, 1.82) is 0 Å². The number of hydrogen-bond acceptors (Lipinski definition) is 6.